The molecule has 2 N–H and O–H groups in total. The Morgan fingerprint density at radius 2 is 2.00 bits per heavy atom. The second-order valence-corrected chi connectivity index (χ2v) is 7.45. The van der Waals surface area contributed by atoms with Crippen LogP contribution in [-0.2, 0) is 10.0 Å². The molecule has 0 radical (unpaired) electrons. The summed E-state index contributed by atoms with van der Waals surface area (Å²) in [4.78, 5) is 0. The van der Waals surface area contributed by atoms with Gasteiger partial charge >= 0.3 is 0 Å². The minimum absolute atomic E-state index is 0.0125. The summed E-state index contributed by atoms with van der Waals surface area (Å²) in [5.74, 6) is 1.26. The first kappa shape index (κ1) is 12.3. The van der Waals surface area contributed by atoms with E-state index in [0.717, 1.165) is 6.42 Å². The van der Waals surface area contributed by atoms with Crippen molar-refractivity contribution in [1.82, 2.24) is 4.31 Å². The average molecular weight is 246 g/mol. The van der Waals surface area contributed by atoms with Crippen LogP contribution in [0.4, 0.5) is 0 Å². The van der Waals surface area contributed by atoms with Gasteiger partial charge in [-0.25, -0.2) is 12.7 Å². The lowest BCUT2D eigenvalue weighted by atomic mass is 9.84. The van der Waals surface area contributed by atoms with Gasteiger partial charge in [0.25, 0.3) is 0 Å². The van der Waals surface area contributed by atoms with E-state index in [-0.39, 0.29) is 6.04 Å². The quantitative estimate of drug-likeness (QED) is 0.797. The van der Waals surface area contributed by atoms with E-state index in [4.69, 9.17) is 5.73 Å². The molecule has 0 bridgehead atoms. The Hall–Kier alpha value is -0.130. The van der Waals surface area contributed by atoms with Gasteiger partial charge < -0.3 is 5.73 Å². The van der Waals surface area contributed by atoms with Gasteiger partial charge in [0.05, 0.1) is 5.75 Å². The molecule has 1 aliphatic heterocycles. The molecule has 0 spiro atoms. The number of rotatable bonds is 4. The molecule has 2 unspecified atom stereocenters. The van der Waals surface area contributed by atoms with E-state index in [1.807, 2.05) is 6.92 Å². The molecule has 0 aromatic rings. The highest BCUT2D eigenvalue weighted by Crippen LogP contribution is 2.30. The smallest absolute Gasteiger partial charge is 0.214 e. The van der Waals surface area contributed by atoms with Gasteiger partial charge in [0, 0.05) is 19.1 Å². The Morgan fingerprint density at radius 1 is 1.31 bits per heavy atom. The molecule has 1 aliphatic carbocycles. The maximum Gasteiger partial charge on any atom is 0.214 e. The van der Waals surface area contributed by atoms with Crippen LogP contribution in [0.25, 0.3) is 0 Å². The first-order valence-electron chi connectivity index (χ1n) is 6.22. The van der Waals surface area contributed by atoms with Gasteiger partial charge in [-0.2, -0.15) is 0 Å². The predicted molar refractivity (Wildman–Crippen MR) is 64.5 cm³/mol. The Kier molecular flexibility index (Phi) is 3.56. The summed E-state index contributed by atoms with van der Waals surface area (Å²) in [7, 11) is -3.04. The van der Waals surface area contributed by atoms with Crippen molar-refractivity contribution in [3.05, 3.63) is 0 Å². The van der Waals surface area contributed by atoms with Crippen molar-refractivity contribution in [1.29, 1.82) is 0 Å². The molecule has 94 valence electrons. The van der Waals surface area contributed by atoms with E-state index in [1.165, 1.54) is 19.3 Å². The first-order valence-corrected chi connectivity index (χ1v) is 7.83. The van der Waals surface area contributed by atoms with Gasteiger partial charge in [0.2, 0.25) is 10.0 Å². The summed E-state index contributed by atoms with van der Waals surface area (Å²) < 4.78 is 25.7. The molecule has 1 saturated heterocycles. The Balaban J connectivity index is 1.86. The highest BCUT2D eigenvalue weighted by atomic mass is 32.2. The third-order valence-electron chi connectivity index (χ3n) is 4.04. The lowest BCUT2D eigenvalue weighted by molar-refractivity contribution is 0.305. The minimum atomic E-state index is -3.04. The standard InChI is InChI=1S/C11H22N2O2S/c1-9-7-13(8-11(9)12)16(14,15)6-5-10-3-2-4-10/h9-11H,2-8,12H2,1H3. The van der Waals surface area contributed by atoms with Crippen LogP contribution in [0.3, 0.4) is 0 Å². The molecule has 4 nitrogen and oxygen atoms in total. The fourth-order valence-electron chi connectivity index (χ4n) is 2.40. The van der Waals surface area contributed by atoms with Crippen molar-refractivity contribution < 1.29 is 8.42 Å². The Bertz CT molecular complexity index is 328. The average Bonchev–Trinajstić information content (AvgIpc) is 2.45. The molecule has 2 rings (SSSR count). The van der Waals surface area contributed by atoms with Gasteiger partial charge in [0.1, 0.15) is 0 Å². The number of nitrogens with zero attached hydrogens (tertiary/aromatic N) is 1. The molecule has 16 heavy (non-hydrogen) atoms. The molecule has 5 heteroatoms. The molecule has 1 saturated carbocycles. The molecule has 0 amide bonds. The summed E-state index contributed by atoms with van der Waals surface area (Å²) in [5.41, 5.74) is 5.85. The van der Waals surface area contributed by atoms with Crippen molar-refractivity contribution in [2.24, 2.45) is 17.6 Å². The van der Waals surface area contributed by atoms with Gasteiger partial charge in [-0.3, -0.25) is 0 Å². The van der Waals surface area contributed by atoms with Crippen molar-refractivity contribution in [2.45, 2.75) is 38.6 Å². The topological polar surface area (TPSA) is 63.4 Å². The van der Waals surface area contributed by atoms with Crippen molar-refractivity contribution >= 4 is 10.0 Å². The number of hydrogen-bond donors (Lipinski definition) is 1. The second-order valence-electron chi connectivity index (χ2n) is 5.36. The summed E-state index contributed by atoms with van der Waals surface area (Å²) in [6.45, 7) is 3.13. The van der Waals surface area contributed by atoms with Crippen LogP contribution in [-0.4, -0.2) is 37.6 Å². The van der Waals surface area contributed by atoms with Gasteiger partial charge in [-0.15, -0.1) is 0 Å². The Labute approximate surface area is 98.2 Å². The highest BCUT2D eigenvalue weighted by Gasteiger charge is 2.34. The van der Waals surface area contributed by atoms with Crippen LogP contribution in [0, 0.1) is 11.8 Å². The molecule has 0 aromatic heterocycles. The van der Waals surface area contributed by atoms with Gasteiger partial charge in [-0.05, 0) is 18.3 Å². The van der Waals surface area contributed by atoms with Crippen LogP contribution in [0.15, 0.2) is 0 Å². The van der Waals surface area contributed by atoms with Crippen molar-refractivity contribution in [2.75, 3.05) is 18.8 Å². The SMILES string of the molecule is CC1CN(S(=O)(=O)CCC2CCC2)CC1N. The minimum Gasteiger partial charge on any atom is -0.326 e. The van der Waals surface area contributed by atoms with Crippen molar-refractivity contribution in [3.8, 4) is 0 Å². The lowest BCUT2D eigenvalue weighted by Crippen LogP contribution is -2.34. The van der Waals surface area contributed by atoms with E-state index in [2.05, 4.69) is 0 Å². The maximum atomic E-state index is 12.0. The maximum absolute atomic E-state index is 12.0. The zero-order chi connectivity index (χ0) is 11.8. The van der Waals surface area contributed by atoms with E-state index in [1.54, 1.807) is 4.31 Å². The summed E-state index contributed by atoms with van der Waals surface area (Å²) in [5, 5.41) is 0. The predicted octanol–water partition coefficient (Wildman–Crippen LogP) is 0.785. The third-order valence-corrected chi connectivity index (χ3v) is 5.88. The summed E-state index contributed by atoms with van der Waals surface area (Å²) in [6.07, 6.45) is 4.54. The van der Waals surface area contributed by atoms with Crippen LogP contribution >= 0.6 is 0 Å². The zero-order valence-corrected chi connectivity index (χ0v) is 10.7. The fourth-order valence-corrected chi connectivity index (χ4v) is 4.15. The first-order chi connectivity index (χ1) is 7.49. The number of nitrogens with two attached hydrogens (primary N) is 1. The second kappa shape index (κ2) is 4.63. The zero-order valence-electron chi connectivity index (χ0n) is 9.93. The van der Waals surface area contributed by atoms with Crippen LogP contribution in [0.2, 0.25) is 0 Å². The number of sulfonamides is 1. The number of hydrogen-bond acceptors (Lipinski definition) is 3. The van der Waals surface area contributed by atoms with Gasteiger partial charge in [-0.1, -0.05) is 26.2 Å². The van der Waals surface area contributed by atoms with Crippen LogP contribution < -0.4 is 5.73 Å². The Morgan fingerprint density at radius 3 is 2.44 bits per heavy atom. The van der Waals surface area contributed by atoms with E-state index < -0.39 is 10.0 Å². The molecule has 2 atom stereocenters. The largest absolute Gasteiger partial charge is 0.326 e. The van der Waals surface area contributed by atoms with Gasteiger partial charge in [0.15, 0.2) is 0 Å². The molecular formula is C11H22N2O2S. The molecule has 1 heterocycles. The van der Waals surface area contributed by atoms with Crippen LogP contribution in [0.5, 0.6) is 0 Å². The lowest BCUT2D eigenvalue weighted by Gasteiger charge is -2.26. The molecule has 2 aliphatic rings. The monoisotopic (exact) mass is 246 g/mol. The highest BCUT2D eigenvalue weighted by molar-refractivity contribution is 7.89. The molecule has 0 aromatic carbocycles. The van der Waals surface area contributed by atoms with E-state index in [0.29, 0.717) is 30.7 Å². The summed E-state index contributed by atoms with van der Waals surface area (Å²) >= 11 is 0. The van der Waals surface area contributed by atoms with Crippen LogP contribution in [0.1, 0.15) is 32.6 Å². The van der Waals surface area contributed by atoms with E-state index >= 15 is 0 Å². The van der Waals surface area contributed by atoms with E-state index in [9.17, 15) is 8.42 Å². The molecular weight excluding hydrogens is 224 g/mol. The summed E-state index contributed by atoms with van der Waals surface area (Å²) in [6, 6.07) is 0.0125. The van der Waals surface area contributed by atoms with Crippen molar-refractivity contribution in [3.63, 3.8) is 0 Å². The molecule has 2 fully saturated rings. The normalized spacial score (nSPS) is 32.9. The fraction of sp³-hybridized carbons (Fsp3) is 1.00. The third kappa shape index (κ3) is 2.57.